The molecule has 0 heterocycles. The monoisotopic (exact) mass is 305 g/mol. The van der Waals surface area contributed by atoms with Crippen LogP contribution in [-0.4, -0.2) is 7.05 Å². The number of halogens is 2. The summed E-state index contributed by atoms with van der Waals surface area (Å²) in [5, 5.41) is 4.68. The molecule has 0 saturated carbocycles. The van der Waals surface area contributed by atoms with Gasteiger partial charge < -0.3 is 5.32 Å². The second kappa shape index (κ2) is 5.77. The van der Waals surface area contributed by atoms with Gasteiger partial charge in [0.05, 0.1) is 10.0 Å². The fourth-order valence-corrected chi connectivity index (χ4v) is 3.55. The van der Waals surface area contributed by atoms with Crippen molar-refractivity contribution in [2.45, 2.75) is 24.8 Å². The van der Waals surface area contributed by atoms with Crippen molar-refractivity contribution in [2.75, 3.05) is 7.05 Å². The van der Waals surface area contributed by atoms with E-state index in [4.69, 9.17) is 23.2 Å². The second-order valence-electron chi connectivity index (χ2n) is 5.28. The highest BCUT2D eigenvalue weighted by Crippen LogP contribution is 2.42. The Balaban J connectivity index is 1.97. The summed E-state index contributed by atoms with van der Waals surface area (Å²) in [4.78, 5) is 0. The number of hydrogen-bond donors (Lipinski definition) is 1. The maximum Gasteiger partial charge on any atom is 0.0595 e. The van der Waals surface area contributed by atoms with Crippen LogP contribution in [0.3, 0.4) is 0 Å². The molecule has 0 amide bonds. The SMILES string of the molecule is CNC(c1ccc(Cl)c(Cl)c1)C1CCc2ccccc21. The molecule has 2 unspecified atom stereocenters. The van der Waals surface area contributed by atoms with Crippen LogP contribution >= 0.6 is 23.2 Å². The van der Waals surface area contributed by atoms with Crippen molar-refractivity contribution in [1.29, 1.82) is 0 Å². The highest BCUT2D eigenvalue weighted by atomic mass is 35.5. The van der Waals surface area contributed by atoms with Crippen LogP contribution in [0, 0.1) is 0 Å². The van der Waals surface area contributed by atoms with Crippen molar-refractivity contribution in [3.8, 4) is 0 Å². The van der Waals surface area contributed by atoms with Crippen LogP contribution in [0.1, 0.15) is 35.1 Å². The maximum atomic E-state index is 6.16. The lowest BCUT2D eigenvalue weighted by atomic mass is 9.88. The number of nitrogens with one attached hydrogen (secondary N) is 1. The van der Waals surface area contributed by atoms with Crippen molar-refractivity contribution in [3.05, 3.63) is 69.2 Å². The minimum atomic E-state index is 0.272. The lowest BCUT2D eigenvalue weighted by molar-refractivity contribution is 0.477. The third-order valence-corrected chi connectivity index (χ3v) is 4.93. The summed E-state index contributed by atoms with van der Waals surface area (Å²) in [5.41, 5.74) is 4.12. The lowest BCUT2D eigenvalue weighted by Crippen LogP contribution is -2.22. The lowest BCUT2D eigenvalue weighted by Gasteiger charge is -2.25. The van der Waals surface area contributed by atoms with Crippen LogP contribution < -0.4 is 5.32 Å². The van der Waals surface area contributed by atoms with Crippen LogP contribution in [-0.2, 0) is 6.42 Å². The highest BCUT2D eigenvalue weighted by Gasteiger charge is 2.29. The second-order valence-corrected chi connectivity index (χ2v) is 6.10. The molecule has 20 heavy (non-hydrogen) atoms. The van der Waals surface area contributed by atoms with Gasteiger partial charge in [0, 0.05) is 12.0 Å². The van der Waals surface area contributed by atoms with E-state index in [0.29, 0.717) is 16.0 Å². The van der Waals surface area contributed by atoms with Gasteiger partial charge >= 0.3 is 0 Å². The van der Waals surface area contributed by atoms with Gasteiger partial charge in [-0.2, -0.15) is 0 Å². The molecule has 0 saturated heterocycles. The fourth-order valence-electron chi connectivity index (χ4n) is 3.24. The third-order valence-electron chi connectivity index (χ3n) is 4.20. The Morgan fingerprint density at radius 2 is 1.90 bits per heavy atom. The molecule has 2 aromatic carbocycles. The zero-order chi connectivity index (χ0) is 14.1. The summed E-state index contributed by atoms with van der Waals surface area (Å²) in [7, 11) is 2.01. The highest BCUT2D eigenvalue weighted by molar-refractivity contribution is 6.42. The van der Waals surface area contributed by atoms with Crippen LogP contribution in [0.2, 0.25) is 10.0 Å². The average molecular weight is 306 g/mol. The Labute approximate surface area is 129 Å². The first-order valence-electron chi connectivity index (χ1n) is 6.90. The largest absolute Gasteiger partial charge is 0.312 e. The molecule has 2 atom stereocenters. The molecular formula is C17H17Cl2N. The standard InChI is InChI=1S/C17H17Cl2N/c1-20-17(12-7-9-15(18)16(19)10-12)14-8-6-11-4-2-3-5-13(11)14/h2-5,7,9-10,14,17,20H,6,8H2,1H3. The molecule has 2 aromatic rings. The summed E-state index contributed by atoms with van der Waals surface area (Å²) in [6.45, 7) is 0. The van der Waals surface area contributed by atoms with Gasteiger partial charge in [-0.25, -0.2) is 0 Å². The molecule has 3 heteroatoms. The zero-order valence-corrected chi connectivity index (χ0v) is 12.9. The van der Waals surface area contributed by atoms with E-state index in [1.807, 2.05) is 19.2 Å². The summed E-state index contributed by atoms with van der Waals surface area (Å²) in [5.74, 6) is 0.494. The third kappa shape index (κ3) is 2.46. The van der Waals surface area contributed by atoms with E-state index in [2.05, 4.69) is 35.6 Å². The minimum Gasteiger partial charge on any atom is -0.312 e. The Hall–Kier alpha value is -1.02. The molecule has 0 bridgehead atoms. The number of likely N-dealkylation sites (N-methyl/N-ethyl adjacent to an activating group) is 1. The van der Waals surface area contributed by atoms with E-state index in [-0.39, 0.29) is 6.04 Å². The molecule has 1 aliphatic rings. The first-order chi connectivity index (χ1) is 9.70. The van der Waals surface area contributed by atoms with Crippen molar-refractivity contribution >= 4 is 23.2 Å². The van der Waals surface area contributed by atoms with E-state index in [1.54, 1.807) is 0 Å². The predicted octanol–water partition coefficient (Wildman–Crippen LogP) is 4.98. The van der Waals surface area contributed by atoms with Crippen molar-refractivity contribution < 1.29 is 0 Å². The summed E-state index contributed by atoms with van der Waals surface area (Å²) in [6.07, 6.45) is 2.32. The molecule has 0 spiro atoms. The molecule has 1 N–H and O–H groups in total. The Morgan fingerprint density at radius 1 is 1.10 bits per heavy atom. The first kappa shape index (κ1) is 13.9. The van der Waals surface area contributed by atoms with Crippen LogP contribution in [0.5, 0.6) is 0 Å². The summed E-state index contributed by atoms with van der Waals surface area (Å²) in [6, 6.07) is 14.9. The number of fused-ring (bicyclic) bond motifs is 1. The van der Waals surface area contributed by atoms with Crippen molar-refractivity contribution in [3.63, 3.8) is 0 Å². The van der Waals surface area contributed by atoms with Gasteiger partial charge in [0.2, 0.25) is 0 Å². The van der Waals surface area contributed by atoms with Crippen LogP contribution in [0.4, 0.5) is 0 Å². The smallest absolute Gasteiger partial charge is 0.0595 e. The Kier molecular flexibility index (Phi) is 4.02. The topological polar surface area (TPSA) is 12.0 Å². The van der Waals surface area contributed by atoms with E-state index < -0.39 is 0 Å². The molecular weight excluding hydrogens is 289 g/mol. The Morgan fingerprint density at radius 3 is 2.65 bits per heavy atom. The molecule has 0 radical (unpaired) electrons. The van der Waals surface area contributed by atoms with Crippen LogP contribution in [0.25, 0.3) is 0 Å². The molecule has 1 nitrogen and oxygen atoms in total. The normalized spacial score (nSPS) is 18.9. The molecule has 0 fully saturated rings. The van der Waals surface area contributed by atoms with Gasteiger partial charge in [-0.15, -0.1) is 0 Å². The van der Waals surface area contributed by atoms with Crippen molar-refractivity contribution in [2.24, 2.45) is 0 Å². The van der Waals surface area contributed by atoms with Crippen molar-refractivity contribution in [1.82, 2.24) is 5.32 Å². The number of aryl methyl sites for hydroxylation is 1. The van der Waals surface area contributed by atoms with Gasteiger partial charge in [-0.3, -0.25) is 0 Å². The fraction of sp³-hybridized carbons (Fsp3) is 0.294. The minimum absolute atomic E-state index is 0.272. The van der Waals surface area contributed by atoms with Gasteiger partial charge in [0.15, 0.2) is 0 Å². The number of hydrogen-bond acceptors (Lipinski definition) is 1. The molecule has 3 rings (SSSR count). The van der Waals surface area contributed by atoms with Crippen LogP contribution in [0.15, 0.2) is 42.5 Å². The first-order valence-corrected chi connectivity index (χ1v) is 7.66. The van der Waals surface area contributed by atoms with Gasteiger partial charge in [0.25, 0.3) is 0 Å². The average Bonchev–Trinajstić information content (AvgIpc) is 2.88. The summed E-state index contributed by atoms with van der Waals surface area (Å²) >= 11 is 12.2. The molecule has 0 aromatic heterocycles. The quantitative estimate of drug-likeness (QED) is 0.843. The van der Waals surface area contributed by atoms with Gasteiger partial charge in [-0.05, 0) is 48.7 Å². The van der Waals surface area contributed by atoms with E-state index in [9.17, 15) is 0 Å². The molecule has 104 valence electrons. The predicted molar refractivity (Wildman–Crippen MR) is 85.8 cm³/mol. The van der Waals surface area contributed by atoms with E-state index in [0.717, 1.165) is 6.42 Å². The number of rotatable bonds is 3. The molecule has 1 aliphatic carbocycles. The Bertz CT molecular complexity index is 624. The maximum absolute atomic E-state index is 6.16. The zero-order valence-electron chi connectivity index (χ0n) is 11.4. The number of benzene rings is 2. The van der Waals surface area contributed by atoms with E-state index in [1.165, 1.54) is 23.1 Å². The van der Waals surface area contributed by atoms with Gasteiger partial charge in [0.1, 0.15) is 0 Å². The summed E-state index contributed by atoms with van der Waals surface area (Å²) < 4.78 is 0. The van der Waals surface area contributed by atoms with Gasteiger partial charge in [-0.1, -0.05) is 53.5 Å². The van der Waals surface area contributed by atoms with E-state index >= 15 is 0 Å². The molecule has 0 aliphatic heterocycles.